The lowest BCUT2D eigenvalue weighted by molar-refractivity contribution is -0.151. The highest BCUT2D eigenvalue weighted by atomic mass is 31.2. The number of hydrogen-bond donors (Lipinski definition) is 0. The fourth-order valence-corrected chi connectivity index (χ4v) is 11.4. The molecule has 0 aromatic carbocycles. The lowest BCUT2D eigenvalue weighted by Crippen LogP contribution is -2.23. The summed E-state index contributed by atoms with van der Waals surface area (Å²) in [6.07, 6.45) is 38.7. The average molecular weight is 1220 g/mol. The first-order valence-electron chi connectivity index (χ1n) is 32.4. The number of esters is 2. The van der Waals surface area contributed by atoms with Crippen LogP contribution in [0.3, 0.4) is 0 Å². The maximum atomic E-state index is 13.6. The Labute approximate surface area is 502 Å². The Morgan fingerprint density at radius 2 is 0.723 bits per heavy atom. The van der Waals surface area contributed by atoms with Crippen molar-refractivity contribution in [2.75, 3.05) is 66.1 Å². The molecule has 0 bridgehead atoms. The second-order valence-electron chi connectivity index (χ2n) is 21.6. The van der Waals surface area contributed by atoms with Crippen LogP contribution in [0.5, 0.6) is 0 Å². The average Bonchev–Trinajstić information content (AvgIpc) is 3.48. The molecule has 20 nitrogen and oxygen atoms in total. The summed E-state index contributed by atoms with van der Waals surface area (Å²) in [5.41, 5.74) is 18.6. The van der Waals surface area contributed by atoms with Gasteiger partial charge < -0.3 is 18.9 Å². The molecular weight excluding hydrogens is 1100 g/mol. The van der Waals surface area contributed by atoms with Gasteiger partial charge in [-0.2, -0.15) is 0 Å². The van der Waals surface area contributed by atoms with Crippen LogP contribution in [0.25, 0.3) is 20.9 Å². The normalized spacial score (nSPS) is 14.3. The van der Waals surface area contributed by atoms with Gasteiger partial charge in [0.05, 0.1) is 78.2 Å². The molecule has 0 heterocycles. The molecule has 0 rings (SSSR count). The molecule has 0 amide bonds. The lowest BCUT2D eigenvalue weighted by atomic mass is 10.1. The number of carbonyl (C=O) groups excluding carboxylic acids is 2. The molecule has 0 fully saturated rings. The van der Waals surface area contributed by atoms with E-state index in [1.54, 1.807) is 0 Å². The van der Waals surface area contributed by atoms with Crippen LogP contribution in [0.15, 0.2) is 35.5 Å². The Morgan fingerprint density at radius 3 is 1.05 bits per heavy atom. The summed E-state index contributed by atoms with van der Waals surface area (Å²) in [7, 11) is -8.29. The van der Waals surface area contributed by atoms with Gasteiger partial charge in [0.2, 0.25) is 0 Å². The molecule has 0 aliphatic rings. The van der Waals surface area contributed by atoms with Crippen molar-refractivity contribution in [1.29, 1.82) is 0 Å². The van der Waals surface area contributed by atoms with Crippen LogP contribution >= 0.6 is 15.6 Å². The molecule has 6 atom stereocenters. The smallest absolute Gasteiger partial charge is 0.462 e. The summed E-state index contributed by atoms with van der Waals surface area (Å²) in [6.45, 7) is 15.5. The molecule has 0 radical (unpaired) electrons. The minimum absolute atomic E-state index is 0.0365. The molecule has 0 aromatic rings. The molecular formula is C61H116N6O14P2. The molecule has 0 spiro atoms. The summed E-state index contributed by atoms with van der Waals surface area (Å²) in [6, 6.07) is -1.72. The Morgan fingerprint density at radius 1 is 0.410 bits per heavy atom. The van der Waals surface area contributed by atoms with Crippen LogP contribution in [0.4, 0.5) is 0 Å². The standard InChI is InChI=1S/C61H116N6O14P2/c1-7-13-17-21-23-25-27-31-36-42-60(68)80-58(40-34-29-19-15-9-3)44-50-72-52-56(64-66-62)54-78-82(70,74-46-11-5)76-48-38-33-39-49-77-83(71,75-47-12-6)79-55-57(65-67-63)53-73-51-45-59(41-35-30-20-16-10-4)81-61(69)43-37-32-28-26-24-22-18-14-8-2/h11-12,56-59H,5-10,13-55H2,1-4H3/t56?,57?,58-,59-,82?,83?/m1/s1. The fourth-order valence-electron chi connectivity index (χ4n) is 8.97. The highest BCUT2D eigenvalue weighted by molar-refractivity contribution is 7.48. The molecule has 4 unspecified atom stereocenters. The first-order chi connectivity index (χ1) is 40.5. The topological polar surface area (TPSA) is 258 Å². The number of carbonyl (C=O) groups is 2. The van der Waals surface area contributed by atoms with E-state index in [9.17, 15) is 29.8 Å². The number of phosphoric ester groups is 2. The van der Waals surface area contributed by atoms with Crippen molar-refractivity contribution >= 4 is 27.6 Å². The van der Waals surface area contributed by atoms with Crippen molar-refractivity contribution in [3.63, 3.8) is 0 Å². The van der Waals surface area contributed by atoms with Crippen LogP contribution in [-0.2, 0) is 64.8 Å². The second kappa shape index (κ2) is 59.5. The number of unbranched alkanes of at least 4 members (excludes halogenated alkanes) is 26. The third kappa shape index (κ3) is 52.1. The molecule has 83 heavy (non-hydrogen) atoms. The van der Waals surface area contributed by atoms with E-state index < -0.39 is 27.7 Å². The van der Waals surface area contributed by atoms with Crippen LogP contribution in [0.2, 0.25) is 0 Å². The molecule has 0 saturated heterocycles. The van der Waals surface area contributed by atoms with Gasteiger partial charge in [-0.05, 0) is 68.8 Å². The summed E-state index contributed by atoms with van der Waals surface area (Å²) >= 11 is 0. The third-order valence-electron chi connectivity index (χ3n) is 13.9. The molecule has 0 aliphatic heterocycles. The van der Waals surface area contributed by atoms with Gasteiger partial charge in [0, 0.05) is 35.5 Å². The molecule has 0 saturated carbocycles. The molecule has 484 valence electrons. The van der Waals surface area contributed by atoms with Crippen molar-refractivity contribution in [2.24, 2.45) is 10.2 Å². The van der Waals surface area contributed by atoms with E-state index in [0.717, 1.165) is 103 Å². The highest BCUT2D eigenvalue weighted by Gasteiger charge is 2.30. The predicted molar refractivity (Wildman–Crippen MR) is 332 cm³/mol. The largest absolute Gasteiger partial charge is 0.475 e. The Hall–Kier alpha value is -2.82. The van der Waals surface area contributed by atoms with Crippen molar-refractivity contribution in [3.05, 3.63) is 46.2 Å². The van der Waals surface area contributed by atoms with Gasteiger partial charge in [-0.25, -0.2) is 9.13 Å². The number of rotatable bonds is 66. The summed E-state index contributed by atoms with van der Waals surface area (Å²) in [5, 5.41) is 7.55. The molecule has 0 N–H and O–H groups in total. The van der Waals surface area contributed by atoms with Crippen LogP contribution < -0.4 is 0 Å². The number of nitrogens with zero attached hydrogens (tertiary/aromatic N) is 6. The Balaban J connectivity index is 5.11. The summed E-state index contributed by atoms with van der Waals surface area (Å²) < 4.78 is 84.2. The van der Waals surface area contributed by atoms with E-state index in [1.165, 1.54) is 102 Å². The van der Waals surface area contributed by atoms with Gasteiger partial charge in [-0.1, -0.05) is 204 Å². The van der Waals surface area contributed by atoms with Gasteiger partial charge in [-0.15, -0.1) is 13.2 Å². The van der Waals surface area contributed by atoms with E-state index in [-0.39, 0.29) is 90.2 Å². The minimum Gasteiger partial charge on any atom is -0.462 e. The summed E-state index contributed by atoms with van der Waals surface area (Å²) in [5.74, 6) is -0.367. The highest BCUT2D eigenvalue weighted by Crippen LogP contribution is 2.51. The van der Waals surface area contributed by atoms with Crippen molar-refractivity contribution < 1.29 is 64.8 Å². The zero-order valence-electron chi connectivity index (χ0n) is 52.4. The quantitative estimate of drug-likeness (QED) is 0.0104. The maximum Gasteiger partial charge on any atom is 0.475 e. The van der Waals surface area contributed by atoms with Crippen molar-refractivity contribution in [1.82, 2.24) is 0 Å². The fraction of sp³-hybridized carbons (Fsp3) is 0.902. The van der Waals surface area contributed by atoms with Crippen LogP contribution in [0, 0.1) is 0 Å². The van der Waals surface area contributed by atoms with E-state index in [2.05, 4.69) is 60.9 Å². The minimum atomic E-state index is -4.14. The predicted octanol–water partition coefficient (Wildman–Crippen LogP) is 19.4. The molecule has 0 aliphatic carbocycles. The van der Waals surface area contributed by atoms with Gasteiger partial charge in [0.1, 0.15) is 12.2 Å². The number of azide groups is 2. The van der Waals surface area contributed by atoms with Gasteiger partial charge in [0.25, 0.3) is 0 Å². The first-order valence-corrected chi connectivity index (χ1v) is 35.3. The van der Waals surface area contributed by atoms with Crippen molar-refractivity contribution in [3.8, 4) is 0 Å². The third-order valence-corrected chi connectivity index (χ3v) is 16.7. The molecule has 0 aromatic heterocycles. The second-order valence-corrected chi connectivity index (χ2v) is 25.0. The number of phosphoric acid groups is 2. The first kappa shape index (κ1) is 80.2. The maximum absolute atomic E-state index is 13.6. The van der Waals surface area contributed by atoms with Crippen LogP contribution in [-0.4, -0.2) is 102 Å². The van der Waals surface area contributed by atoms with E-state index in [4.69, 9.17) is 46.1 Å². The van der Waals surface area contributed by atoms with E-state index >= 15 is 0 Å². The monoisotopic (exact) mass is 1220 g/mol. The lowest BCUT2D eigenvalue weighted by Gasteiger charge is -2.21. The Bertz CT molecular complexity index is 1640. The van der Waals surface area contributed by atoms with E-state index in [0.29, 0.717) is 44.9 Å². The summed E-state index contributed by atoms with van der Waals surface area (Å²) in [4.78, 5) is 31.5. The Kier molecular flexibility index (Phi) is 57.5. The van der Waals surface area contributed by atoms with Gasteiger partial charge in [-0.3, -0.25) is 36.7 Å². The zero-order chi connectivity index (χ0) is 61.0. The number of hydrogen-bond acceptors (Lipinski definition) is 16. The van der Waals surface area contributed by atoms with Gasteiger partial charge >= 0.3 is 27.6 Å². The number of ether oxygens (including phenoxy) is 4. The van der Waals surface area contributed by atoms with Gasteiger partial charge in [0.15, 0.2) is 0 Å². The van der Waals surface area contributed by atoms with Crippen LogP contribution in [0.1, 0.15) is 265 Å². The van der Waals surface area contributed by atoms with Crippen molar-refractivity contribution in [2.45, 2.75) is 290 Å². The van der Waals surface area contributed by atoms with E-state index in [1.807, 2.05) is 0 Å². The molecule has 22 heteroatoms. The SMILES string of the molecule is C=CCOP(=O)(OCCCCCOP(=O)(OCC=C)OCC(COCC[C@@H](CCCCCCC)OC(=O)CCCCCCCCCCC)N=[N+]=[N-])OCC(COCC[C@@H](CCCCCCC)OC(=O)CCCCCCCCCCC)N=[N+]=[N-]. The zero-order valence-corrected chi connectivity index (χ0v) is 54.2.